The molecule has 1 aromatic rings. The van der Waals surface area contributed by atoms with E-state index >= 15 is 0 Å². The van der Waals surface area contributed by atoms with Crippen molar-refractivity contribution in [2.45, 2.75) is 31.7 Å². The third-order valence-corrected chi connectivity index (χ3v) is 3.09. The SMILES string of the molecule is CC(C)(N)CNC(=O)C1CC(=O)Nc2cc(F)ccc21.Cl. The number of hydrogen-bond acceptors (Lipinski definition) is 3. The van der Waals surface area contributed by atoms with Gasteiger partial charge in [0.15, 0.2) is 0 Å². The van der Waals surface area contributed by atoms with Gasteiger partial charge in [-0.2, -0.15) is 0 Å². The second-order valence-electron chi connectivity index (χ2n) is 5.74. The van der Waals surface area contributed by atoms with Gasteiger partial charge in [0, 0.05) is 24.2 Å². The zero-order valence-corrected chi connectivity index (χ0v) is 12.7. The third kappa shape index (κ3) is 4.41. The number of anilines is 1. The Morgan fingerprint density at radius 3 is 2.81 bits per heavy atom. The van der Waals surface area contributed by atoms with E-state index in [1.54, 1.807) is 13.8 Å². The largest absolute Gasteiger partial charge is 0.354 e. The van der Waals surface area contributed by atoms with Gasteiger partial charge in [-0.1, -0.05) is 6.07 Å². The number of benzene rings is 1. The molecule has 0 fully saturated rings. The van der Waals surface area contributed by atoms with Gasteiger partial charge < -0.3 is 16.4 Å². The highest BCUT2D eigenvalue weighted by Crippen LogP contribution is 2.32. The first-order valence-electron chi connectivity index (χ1n) is 6.42. The summed E-state index contributed by atoms with van der Waals surface area (Å²) in [6, 6.07) is 4.03. The Morgan fingerprint density at radius 1 is 1.52 bits per heavy atom. The molecule has 0 saturated carbocycles. The molecule has 5 nitrogen and oxygen atoms in total. The molecule has 0 aromatic heterocycles. The molecule has 2 amide bonds. The summed E-state index contributed by atoms with van der Waals surface area (Å²) in [7, 11) is 0. The molecule has 1 atom stereocenters. The second-order valence-corrected chi connectivity index (χ2v) is 5.74. The highest BCUT2D eigenvalue weighted by Gasteiger charge is 2.31. The van der Waals surface area contributed by atoms with Gasteiger partial charge in [0.25, 0.3) is 0 Å². The molecule has 0 radical (unpaired) electrons. The first-order valence-corrected chi connectivity index (χ1v) is 6.42. The van der Waals surface area contributed by atoms with E-state index in [1.165, 1.54) is 18.2 Å². The minimum atomic E-state index is -0.610. The van der Waals surface area contributed by atoms with Crippen LogP contribution in [0.2, 0.25) is 0 Å². The molecule has 7 heteroatoms. The first kappa shape index (κ1) is 17.4. The molecule has 1 aliphatic rings. The minimum Gasteiger partial charge on any atom is -0.354 e. The molecule has 0 aliphatic carbocycles. The van der Waals surface area contributed by atoms with Crippen LogP contribution < -0.4 is 16.4 Å². The fraction of sp³-hybridized carbons (Fsp3) is 0.429. The second kappa shape index (κ2) is 6.41. The van der Waals surface area contributed by atoms with Crippen LogP contribution in [0, 0.1) is 5.82 Å². The number of carbonyl (C=O) groups excluding carboxylic acids is 2. The Labute approximate surface area is 128 Å². The smallest absolute Gasteiger partial charge is 0.228 e. The monoisotopic (exact) mass is 315 g/mol. The van der Waals surface area contributed by atoms with Crippen LogP contribution in [-0.2, 0) is 9.59 Å². The van der Waals surface area contributed by atoms with E-state index in [4.69, 9.17) is 5.73 Å². The summed E-state index contributed by atoms with van der Waals surface area (Å²) < 4.78 is 13.2. The van der Waals surface area contributed by atoms with Crippen molar-refractivity contribution in [2.75, 3.05) is 11.9 Å². The number of fused-ring (bicyclic) bond motifs is 1. The molecule has 1 aromatic carbocycles. The molecule has 0 saturated heterocycles. The fourth-order valence-corrected chi connectivity index (χ4v) is 2.11. The van der Waals surface area contributed by atoms with E-state index in [9.17, 15) is 14.0 Å². The lowest BCUT2D eigenvalue weighted by molar-refractivity contribution is -0.126. The predicted octanol–water partition coefficient (Wildman–Crippen LogP) is 1.53. The Hall–Kier alpha value is -1.66. The van der Waals surface area contributed by atoms with Gasteiger partial charge >= 0.3 is 0 Å². The van der Waals surface area contributed by atoms with E-state index in [2.05, 4.69) is 10.6 Å². The zero-order valence-electron chi connectivity index (χ0n) is 11.9. The van der Waals surface area contributed by atoms with Crippen molar-refractivity contribution in [3.63, 3.8) is 0 Å². The number of nitrogens with two attached hydrogens (primary N) is 1. The van der Waals surface area contributed by atoms with Gasteiger partial charge in [0.2, 0.25) is 11.8 Å². The van der Waals surface area contributed by atoms with Crippen molar-refractivity contribution in [1.82, 2.24) is 5.32 Å². The molecule has 1 heterocycles. The minimum absolute atomic E-state index is 0. The van der Waals surface area contributed by atoms with Gasteiger partial charge in [-0.15, -0.1) is 12.4 Å². The summed E-state index contributed by atoms with van der Waals surface area (Å²) in [4.78, 5) is 23.8. The van der Waals surface area contributed by atoms with Crippen molar-refractivity contribution in [1.29, 1.82) is 0 Å². The zero-order chi connectivity index (χ0) is 14.9. The van der Waals surface area contributed by atoms with Crippen LogP contribution in [0.1, 0.15) is 31.7 Å². The molecule has 21 heavy (non-hydrogen) atoms. The third-order valence-electron chi connectivity index (χ3n) is 3.09. The van der Waals surface area contributed by atoms with Gasteiger partial charge in [0.05, 0.1) is 5.92 Å². The number of nitrogens with one attached hydrogen (secondary N) is 2. The summed E-state index contributed by atoms with van der Waals surface area (Å²) in [5, 5.41) is 5.30. The highest BCUT2D eigenvalue weighted by molar-refractivity contribution is 6.01. The molecule has 0 spiro atoms. The summed E-state index contributed by atoms with van der Waals surface area (Å²) in [5.41, 5.74) is 6.26. The highest BCUT2D eigenvalue weighted by atomic mass is 35.5. The Morgan fingerprint density at radius 2 is 2.19 bits per heavy atom. The van der Waals surface area contributed by atoms with Crippen molar-refractivity contribution in [3.05, 3.63) is 29.6 Å². The number of rotatable bonds is 3. The number of carbonyl (C=O) groups is 2. The predicted molar refractivity (Wildman–Crippen MR) is 80.9 cm³/mol. The van der Waals surface area contributed by atoms with E-state index in [0.717, 1.165) is 0 Å². The van der Waals surface area contributed by atoms with E-state index in [1.807, 2.05) is 0 Å². The maximum Gasteiger partial charge on any atom is 0.228 e. The van der Waals surface area contributed by atoms with Gasteiger partial charge in [-0.25, -0.2) is 4.39 Å². The van der Waals surface area contributed by atoms with Crippen LogP contribution >= 0.6 is 12.4 Å². The van der Waals surface area contributed by atoms with Crippen molar-refractivity contribution < 1.29 is 14.0 Å². The van der Waals surface area contributed by atoms with E-state index in [0.29, 0.717) is 17.8 Å². The lowest BCUT2D eigenvalue weighted by Gasteiger charge is -2.26. The fourth-order valence-electron chi connectivity index (χ4n) is 2.11. The summed E-state index contributed by atoms with van der Waals surface area (Å²) in [6.45, 7) is 3.90. The van der Waals surface area contributed by atoms with Crippen molar-refractivity contribution in [3.8, 4) is 0 Å². The van der Waals surface area contributed by atoms with E-state index in [-0.39, 0.29) is 30.6 Å². The molecular weight excluding hydrogens is 297 g/mol. The summed E-state index contributed by atoms with van der Waals surface area (Å²) in [6.07, 6.45) is 0.0511. The maximum atomic E-state index is 13.2. The average Bonchev–Trinajstić information content (AvgIpc) is 2.33. The van der Waals surface area contributed by atoms with Crippen LogP contribution in [0.25, 0.3) is 0 Å². The van der Waals surface area contributed by atoms with E-state index < -0.39 is 17.3 Å². The Bertz CT molecular complexity index is 558. The number of halogens is 2. The van der Waals surface area contributed by atoms with Crippen LogP contribution in [0.3, 0.4) is 0 Å². The molecular formula is C14H19ClFN3O2. The standard InChI is InChI=1S/C14H18FN3O2.ClH/c1-14(2,16)7-17-13(20)10-6-12(19)18-11-5-8(15)3-4-9(10)11;/h3-5,10H,6-7,16H2,1-2H3,(H,17,20)(H,18,19);1H. The summed E-state index contributed by atoms with van der Waals surface area (Å²) >= 11 is 0. The number of hydrogen-bond donors (Lipinski definition) is 3. The Kier molecular flexibility index (Phi) is 5.31. The molecule has 2 rings (SSSR count). The van der Waals surface area contributed by atoms with Crippen LogP contribution in [0.4, 0.5) is 10.1 Å². The average molecular weight is 316 g/mol. The van der Waals surface area contributed by atoms with Gasteiger partial charge in [0.1, 0.15) is 5.82 Å². The van der Waals surface area contributed by atoms with Crippen LogP contribution in [0.15, 0.2) is 18.2 Å². The van der Waals surface area contributed by atoms with Gasteiger partial charge in [-0.05, 0) is 31.5 Å². The molecule has 1 unspecified atom stereocenters. The quantitative estimate of drug-likeness (QED) is 0.791. The summed E-state index contributed by atoms with van der Waals surface area (Å²) in [5.74, 6) is -1.63. The van der Waals surface area contributed by atoms with Crippen LogP contribution in [-0.4, -0.2) is 23.9 Å². The lowest BCUT2D eigenvalue weighted by Crippen LogP contribution is -2.47. The van der Waals surface area contributed by atoms with Crippen LogP contribution in [0.5, 0.6) is 0 Å². The van der Waals surface area contributed by atoms with Gasteiger partial charge in [-0.3, -0.25) is 9.59 Å². The lowest BCUT2D eigenvalue weighted by atomic mass is 9.89. The molecule has 0 bridgehead atoms. The topological polar surface area (TPSA) is 84.2 Å². The molecule has 4 N–H and O–H groups in total. The first-order chi connectivity index (χ1) is 9.26. The van der Waals surface area contributed by atoms with Crippen molar-refractivity contribution in [2.24, 2.45) is 5.73 Å². The normalized spacial score (nSPS) is 17.3. The Balaban J connectivity index is 0.00000220. The van der Waals surface area contributed by atoms with Crippen molar-refractivity contribution >= 4 is 29.9 Å². The molecule has 116 valence electrons. The number of amides is 2. The molecule has 1 aliphatic heterocycles. The maximum absolute atomic E-state index is 13.2.